The van der Waals surface area contributed by atoms with Crippen LogP contribution in [0.4, 0.5) is 0 Å². The molecule has 0 aromatic rings. The third kappa shape index (κ3) is 0.953. The Balaban J connectivity index is 2.01. The molecule has 0 saturated heterocycles. The van der Waals surface area contributed by atoms with Crippen molar-refractivity contribution in [1.29, 1.82) is 0 Å². The highest BCUT2D eigenvalue weighted by atomic mass is 16.3. The van der Waals surface area contributed by atoms with Gasteiger partial charge in [-0.2, -0.15) is 0 Å². The van der Waals surface area contributed by atoms with E-state index in [0.29, 0.717) is 25.2 Å². The maximum absolute atomic E-state index is 10.1. The average molecular weight is 184 g/mol. The van der Waals surface area contributed by atoms with Gasteiger partial charge >= 0.3 is 0 Å². The molecule has 0 aliphatic heterocycles. The summed E-state index contributed by atoms with van der Waals surface area (Å²) < 4.78 is 0. The molecule has 5 unspecified atom stereocenters. The fraction of sp³-hybridized carbons (Fsp3) is 1.00. The highest BCUT2D eigenvalue weighted by Crippen LogP contribution is 2.57. The van der Waals surface area contributed by atoms with Crippen molar-refractivity contribution in [2.45, 2.75) is 49.4 Å². The Morgan fingerprint density at radius 1 is 1.08 bits per heavy atom. The smallest absolute Gasteiger partial charge is 0.0938 e. The van der Waals surface area contributed by atoms with Crippen LogP contribution < -0.4 is 0 Å². The fourth-order valence-corrected chi connectivity index (χ4v) is 4.05. The van der Waals surface area contributed by atoms with Crippen LogP contribution in [0, 0.1) is 11.8 Å². The SMILES string of the molecule is OC1C2CC3CC(O)(C2)CC1(O)C3. The Labute approximate surface area is 77.4 Å². The second-order valence-corrected chi connectivity index (χ2v) is 5.42. The van der Waals surface area contributed by atoms with Gasteiger partial charge in [0.05, 0.1) is 17.3 Å². The van der Waals surface area contributed by atoms with E-state index in [-0.39, 0.29) is 5.92 Å². The number of aliphatic hydroxyl groups excluding tert-OH is 1. The highest BCUT2D eigenvalue weighted by Gasteiger charge is 2.61. The van der Waals surface area contributed by atoms with Crippen molar-refractivity contribution in [3.05, 3.63) is 0 Å². The van der Waals surface area contributed by atoms with Gasteiger partial charge in [-0.05, 0) is 37.5 Å². The topological polar surface area (TPSA) is 60.7 Å². The molecule has 3 heteroatoms. The summed E-state index contributed by atoms with van der Waals surface area (Å²) >= 11 is 0. The molecular weight excluding hydrogens is 168 g/mol. The van der Waals surface area contributed by atoms with Gasteiger partial charge in [0.25, 0.3) is 0 Å². The zero-order valence-electron chi connectivity index (χ0n) is 7.61. The lowest BCUT2D eigenvalue weighted by Gasteiger charge is -2.60. The van der Waals surface area contributed by atoms with Crippen LogP contribution in [0.5, 0.6) is 0 Å². The van der Waals surface area contributed by atoms with Crippen LogP contribution in [0.2, 0.25) is 0 Å². The van der Waals surface area contributed by atoms with Crippen LogP contribution in [0.3, 0.4) is 0 Å². The quantitative estimate of drug-likeness (QED) is 0.498. The first-order chi connectivity index (χ1) is 6.01. The van der Waals surface area contributed by atoms with E-state index in [4.69, 9.17) is 0 Å². The summed E-state index contributed by atoms with van der Waals surface area (Å²) in [6.07, 6.45) is 2.99. The third-order valence-corrected chi connectivity index (χ3v) is 4.22. The normalized spacial score (nSPS) is 64.4. The van der Waals surface area contributed by atoms with Crippen LogP contribution in [0.1, 0.15) is 32.1 Å². The fourth-order valence-electron chi connectivity index (χ4n) is 4.05. The summed E-state index contributed by atoms with van der Waals surface area (Å²) in [6.45, 7) is 0. The van der Waals surface area contributed by atoms with Gasteiger partial charge in [-0.25, -0.2) is 0 Å². The van der Waals surface area contributed by atoms with Crippen LogP contribution >= 0.6 is 0 Å². The van der Waals surface area contributed by atoms with Gasteiger partial charge in [0.2, 0.25) is 0 Å². The van der Waals surface area contributed by atoms with Gasteiger partial charge in [0.15, 0.2) is 0 Å². The summed E-state index contributed by atoms with van der Waals surface area (Å²) in [6, 6.07) is 0. The number of hydrogen-bond donors (Lipinski definition) is 3. The van der Waals surface area contributed by atoms with E-state index < -0.39 is 17.3 Å². The van der Waals surface area contributed by atoms with Crippen molar-refractivity contribution < 1.29 is 15.3 Å². The molecule has 4 fully saturated rings. The predicted octanol–water partition coefficient (Wildman–Crippen LogP) is 0.0332. The second kappa shape index (κ2) is 2.10. The first-order valence-corrected chi connectivity index (χ1v) is 5.14. The first-order valence-electron chi connectivity index (χ1n) is 5.14. The van der Waals surface area contributed by atoms with Gasteiger partial charge in [0.1, 0.15) is 0 Å². The molecule has 3 N–H and O–H groups in total. The van der Waals surface area contributed by atoms with E-state index in [1.54, 1.807) is 0 Å². The Kier molecular flexibility index (Phi) is 1.33. The zero-order valence-corrected chi connectivity index (χ0v) is 7.61. The van der Waals surface area contributed by atoms with E-state index in [9.17, 15) is 15.3 Å². The lowest BCUT2D eigenvalue weighted by atomic mass is 9.51. The van der Waals surface area contributed by atoms with Crippen molar-refractivity contribution >= 4 is 0 Å². The molecule has 4 rings (SSSR count). The second-order valence-electron chi connectivity index (χ2n) is 5.42. The van der Waals surface area contributed by atoms with Crippen LogP contribution in [0.25, 0.3) is 0 Å². The summed E-state index contributed by atoms with van der Waals surface area (Å²) in [5.41, 5.74) is -1.64. The maximum Gasteiger partial charge on any atom is 0.0938 e. The predicted molar refractivity (Wildman–Crippen MR) is 46.0 cm³/mol. The summed E-state index contributed by atoms with van der Waals surface area (Å²) in [7, 11) is 0. The van der Waals surface area contributed by atoms with Gasteiger partial charge in [0, 0.05) is 6.42 Å². The van der Waals surface area contributed by atoms with E-state index in [0.717, 1.165) is 12.8 Å². The molecule has 3 nitrogen and oxygen atoms in total. The van der Waals surface area contributed by atoms with E-state index >= 15 is 0 Å². The Hall–Kier alpha value is -0.120. The average Bonchev–Trinajstić information content (AvgIpc) is 1.96. The monoisotopic (exact) mass is 184 g/mol. The summed E-state index contributed by atoms with van der Waals surface area (Å²) in [4.78, 5) is 0. The zero-order chi connectivity index (χ0) is 9.27. The van der Waals surface area contributed by atoms with Crippen LogP contribution in [0.15, 0.2) is 0 Å². The molecule has 0 aromatic carbocycles. The molecular formula is C10H16O3. The van der Waals surface area contributed by atoms with Crippen molar-refractivity contribution in [2.75, 3.05) is 0 Å². The standard InChI is InChI=1S/C10H16O3/c11-8-7-1-6-2-9(12,4-7)5-10(8,13)3-6/h6-8,11-13H,1-5H2. The Bertz CT molecular complexity index is 255. The van der Waals surface area contributed by atoms with Gasteiger partial charge in [-0.15, -0.1) is 0 Å². The molecule has 4 saturated carbocycles. The Morgan fingerprint density at radius 2 is 1.85 bits per heavy atom. The molecule has 74 valence electrons. The minimum Gasteiger partial charge on any atom is -0.390 e. The molecule has 13 heavy (non-hydrogen) atoms. The number of hydrogen-bond acceptors (Lipinski definition) is 3. The molecule has 4 aliphatic rings. The lowest BCUT2D eigenvalue weighted by Crippen LogP contribution is -2.66. The van der Waals surface area contributed by atoms with Gasteiger partial charge < -0.3 is 15.3 Å². The van der Waals surface area contributed by atoms with Crippen molar-refractivity contribution in [1.82, 2.24) is 0 Å². The molecule has 0 aromatic heterocycles. The molecule has 0 amide bonds. The van der Waals surface area contributed by atoms with Gasteiger partial charge in [-0.3, -0.25) is 0 Å². The number of aliphatic hydroxyl groups is 3. The molecule has 4 aliphatic carbocycles. The van der Waals surface area contributed by atoms with Gasteiger partial charge in [-0.1, -0.05) is 0 Å². The first kappa shape index (κ1) is 8.21. The summed E-state index contributed by atoms with van der Waals surface area (Å²) in [5.74, 6) is 0.571. The summed E-state index contributed by atoms with van der Waals surface area (Å²) in [5, 5.41) is 30.1. The molecule has 5 atom stereocenters. The number of rotatable bonds is 0. The molecule has 0 radical (unpaired) electrons. The minimum atomic E-state index is -0.973. The van der Waals surface area contributed by atoms with E-state index in [2.05, 4.69) is 0 Å². The van der Waals surface area contributed by atoms with E-state index in [1.807, 2.05) is 0 Å². The maximum atomic E-state index is 10.1. The van der Waals surface area contributed by atoms with Crippen LogP contribution in [-0.4, -0.2) is 32.6 Å². The minimum absolute atomic E-state index is 0.135. The molecule has 0 spiro atoms. The lowest BCUT2D eigenvalue weighted by molar-refractivity contribution is -0.252. The highest BCUT2D eigenvalue weighted by molar-refractivity contribution is 5.13. The molecule has 4 bridgehead atoms. The van der Waals surface area contributed by atoms with Crippen LogP contribution in [-0.2, 0) is 0 Å². The van der Waals surface area contributed by atoms with Crippen molar-refractivity contribution in [3.63, 3.8) is 0 Å². The van der Waals surface area contributed by atoms with Crippen molar-refractivity contribution in [3.8, 4) is 0 Å². The third-order valence-electron chi connectivity index (χ3n) is 4.22. The Morgan fingerprint density at radius 3 is 2.46 bits per heavy atom. The van der Waals surface area contributed by atoms with E-state index in [1.165, 1.54) is 0 Å². The largest absolute Gasteiger partial charge is 0.390 e. The molecule has 0 heterocycles. The van der Waals surface area contributed by atoms with Crippen molar-refractivity contribution in [2.24, 2.45) is 11.8 Å².